The van der Waals surface area contributed by atoms with Crippen molar-refractivity contribution in [3.8, 4) is 0 Å². The Bertz CT molecular complexity index is 949. The van der Waals surface area contributed by atoms with E-state index in [0.717, 1.165) is 12.5 Å². The number of carbonyl (C=O) groups is 3. The second kappa shape index (κ2) is 10.7. The standard InChI is InChI=1S/C22H22N2O6/c1-3-4-20(25)23-18-10-8-17(9-11-18)22(27)15(2)30-21(26)14-7-16-5-12-19(13-6-16)24(28)29/h5-15H,3-4H2,1-2H3,(H,23,25)/b14-7+/t15-/m1/s1. The highest BCUT2D eigenvalue weighted by Gasteiger charge is 2.18. The average molecular weight is 410 g/mol. The molecule has 0 fully saturated rings. The predicted octanol–water partition coefficient (Wildman–Crippen LogP) is 4.16. The van der Waals surface area contributed by atoms with Gasteiger partial charge in [0.05, 0.1) is 4.92 Å². The number of ketones is 1. The molecule has 0 aliphatic rings. The fraction of sp³-hybridized carbons (Fsp3) is 0.227. The maximum atomic E-state index is 12.4. The molecule has 0 unspecified atom stereocenters. The summed E-state index contributed by atoms with van der Waals surface area (Å²) in [6, 6.07) is 12.0. The zero-order valence-electron chi connectivity index (χ0n) is 16.7. The van der Waals surface area contributed by atoms with Crippen LogP contribution in [0.4, 0.5) is 11.4 Å². The van der Waals surface area contributed by atoms with Crippen LogP contribution in [0.2, 0.25) is 0 Å². The van der Waals surface area contributed by atoms with Crippen LogP contribution in [0.5, 0.6) is 0 Å². The third-order valence-corrected chi connectivity index (χ3v) is 4.11. The first-order chi connectivity index (χ1) is 14.3. The van der Waals surface area contributed by atoms with Gasteiger partial charge in [-0.1, -0.05) is 6.92 Å². The SMILES string of the molecule is CCCC(=O)Nc1ccc(C(=O)[C@@H](C)OC(=O)/C=C/c2ccc([N+](=O)[O-])cc2)cc1. The number of hydrogen-bond acceptors (Lipinski definition) is 6. The molecule has 0 aliphatic carbocycles. The molecule has 0 aromatic heterocycles. The summed E-state index contributed by atoms with van der Waals surface area (Å²) in [6.07, 6.45) is 2.75. The molecule has 8 heteroatoms. The molecule has 1 amide bonds. The first kappa shape index (κ1) is 22.5. The number of nitrogens with zero attached hydrogens (tertiary/aromatic N) is 1. The van der Waals surface area contributed by atoms with Gasteiger partial charge < -0.3 is 10.1 Å². The molecule has 0 bridgehead atoms. The van der Waals surface area contributed by atoms with Gasteiger partial charge in [0.2, 0.25) is 11.7 Å². The van der Waals surface area contributed by atoms with Crippen molar-refractivity contribution < 1.29 is 24.0 Å². The topological polar surface area (TPSA) is 116 Å². The molecular formula is C22H22N2O6. The Balaban J connectivity index is 1.91. The minimum absolute atomic E-state index is 0.0510. The number of non-ortho nitro benzene ring substituents is 1. The molecule has 8 nitrogen and oxygen atoms in total. The van der Waals surface area contributed by atoms with E-state index in [1.54, 1.807) is 24.3 Å². The van der Waals surface area contributed by atoms with Gasteiger partial charge in [-0.25, -0.2) is 4.79 Å². The summed E-state index contributed by atoms with van der Waals surface area (Å²) in [5.74, 6) is -1.19. The van der Waals surface area contributed by atoms with Gasteiger partial charge in [-0.15, -0.1) is 0 Å². The summed E-state index contributed by atoms with van der Waals surface area (Å²) < 4.78 is 5.12. The highest BCUT2D eigenvalue weighted by atomic mass is 16.6. The smallest absolute Gasteiger partial charge is 0.331 e. The zero-order chi connectivity index (χ0) is 22.1. The normalized spacial score (nSPS) is 11.7. The van der Waals surface area contributed by atoms with Gasteiger partial charge in [0, 0.05) is 35.9 Å². The number of rotatable bonds is 9. The molecule has 0 aliphatic heterocycles. The first-order valence-electron chi connectivity index (χ1n) is 9.37. The first-order valence-corrected chi connectivity index (χ1v) is 9.37. The molecular weight excluding hydrogens is 388 g/mol. The van der Waals surface area contributed by atoms with E-state index in [0.29, 0.717) is 23.2 Å². The third kappa shape index (κ3) is 6.66. The Kier molecular flexibility index (Phi) is 7.99. The van der Waals surface area contributed by atoms with Crippen LogP contribution in [-0.4, -0.2) is 28.7 Å². The molecule has 2 rings (SSSR count). The Hall–Kier alpha value is -3.81. The Labute approximate surface area is 173 Å². The third-order valence-electron chi connectivity index (χ3n) is 4.11. The van der Waals surface area contributed by atoms with Gasteiger partial charge in [-0.3, -0.25) is 19.7 Å². The maximum Gasteiger partial charge on any atom is 0.331 e. The Morgan fingerprint density at radius 1 is 1.10 bits per heavy atom. The lowest BCUT2D eigenvalue weighted by molar-refractivity contribution is -0.384. The second-order valence-electron chi connectivity index (χ2n) is 6.50. The van der Waals surface area contributed by atoms with E-state index in [2.05, 4.69) is 5.32 Å². The highest BCUT2D eigenvalue weighted by molar-refractivity contribution is 6.01. The molecule has 2 aromatic rings. The van der Waals surface area contributed by atoms with Crippen molar-refractivity contribution in [2.45, 2.75) is 32.8 Å². The van der Waals surface area contributed by atoms with Gasteiger partial charge >= 0.3 is 5.97 Å². The second-order valence-corrected chi connectivity index (χ2v) is 6.50. The van der Waals surface area contributed by atoms with Crippen molar-refractivity contribution in [3.63, 3.8) is 0 Å². The van der Waals surface area contributed by atoms with E-state index in [4.69, 9.17) is 4.74 Å². The number of nitro benzene ring substituents is 1. The Morgan fingerprint density at radius 3 is 2.30 bits per heavy atom. The van der Waals surface area contributed by atoms with Crippen molar-refractivity contribution in [1.82, 2.24) is 0 Å². The van der Waals surface area contributed by atoms with Crippen LogP contribution < -0.4 is 5.32 Å². The van der Waals surface area contributed by atoms with E-state index < -0.39 is 17.0 Å². The molecule has 0 radical (unpaired) electrons. The van der Waals surface area contributed by atoms with Gasteiger partial charge in [0.15, 0.2) is 6.10 Å². The van der Waals surface area contributed by atoms with Crippen molar-refractivity contribution in [1.29, 1.82) is 0 Å². The number of Topliss-reactive ketones (excluding diaryl/α,β-unsaturated/α-hetero) is 1. The lowest BCUT2D eigenvalue weighted by atomic mass is 10.1. The lowest BCUT2D eigenvalue weighted by Gasteiger charge is -2.11. The van der Waals surface area contributed by atoms with E-state index in [1.165, 1.54) is 37.3 Å². The van der Waals surface area contributed by atoms with Crippen molar-refractivity contribution >= 4 is 35.1 Å². The number of nitrogens with one attached hydrogen (secondary N) is 1. The quantitative estimate of drug-likeness (QED) is 0.218. The van der Waals surface area contributed by atoms with E-state index in [-0.39, 0.29) is 17.4 Å². The number of nitro groups is 1. The van der Waals surface area contributed by atoms with Crippen LogP contribution in [0, 0.1) is 10.1 Å². The van der Waals surface area contributed by atoms with E-state index in [1.807, 2.05) is 6.92 Å². The summed E-state index contributed by atoms with van der Waals surface area (Å²) in [4.78, 5) is 46.1. The molecule has 0 saturated heterocycles. The molecule has 156 valence electrons. The monoisotopic (exact) mass is 410 g/mol. The minimum atomic E-state index is -1.00. The largest absolute Gasteiger partial charge is 0.451 e. The summed E-state index contributed by atoms with van der Waals surface area (Å²) in [5, 5.41) is 13.4. The fourth-order valence-electron chi connectivity index (χ4n) is 2.54. The highest BCUT2D eigenvalue weighted by Crippen LogP contribution is 2.15. The number of carbonyl (C=O) groups excluding carboxylic acids is 3. The molecule has 1 N–H and O–H groups in total. The molecule has 1 atom stereocenters. The lowest BCUT2D eigenvalue weighted by Crippen LogP contribution is -2.23. The minimum Gasteiger partial charge on any atom is -0.451 e. The number of amides is 1. The fourth-order valence-corrected chi connectivity index (χ4v) is 2.54. The van der Waals surface area contributed by atoms with Crippen molar-refractivity contribution in [2.24, 2.45) is 0 Å². The molecule has 0 heterocycles. The van der Waals surface area contributed by atoms with Crippen LogP contribution in [0.15, 0.2) is 54.6 Å². The van der Waals surface area contributed by atoms with Crippen LogP contribution in [-0.2, 0) is 14.3 Å². The van der Waals surface area contributed by atoms with Gasteiger partial charge in [0.1, 0.15) is 0 Å². The van der Waals surface area contributed by atoms with Crippen molar-refractivity contribution in [3.05, 3.63) is 75.8 Å². The summed E-state index contributed by atoms with van der Waals surface area (Å²) in [7, 11) is 0. The predicted molar refractivity (Wildman–Crippen MR) is 112 cm³/mol. The van der Waals surface area contributed by atoms with Crippen molar-refractivity contribution in [2.75, 3.05) is 5.32 Å². The summed E-state index contributed by atoms with van der Waals surface area (Å²) >= 11 is 0. The van der Waals surface area contributed by atoms with E-state index >= 15 is 0 Å². The molecule has 0 spiro atoms. The molecule has 2 aromatic carbocycles. The number of esters is 1. The van der Waals surface area contributed by atoms with Gasteiger partial charge in [-0.05, 0) is 61.4 Å². The Morgan fingerprint density at radius 2 is 1.73 bits per heavy atom. The van der Waals surface area contributed by atoms with Crippen LogP contribution in [0.25, 0.3) is 6.08 Å². The number of benzene rings is 2. The molecule has 0 saturated carbocycles. The van der Waals surface area contributed by atoms with Gasteiger partial charge in [0.25, 0.3) is 5.69 Å². The van der Waals surface area contributed by atoms with Crippen LogP contribution in [0.1, 0.15) is 42.6 Å². The maximum absolute atomic E-state index is 12.4. The summed E-state index contributed by atoms with van der Waals surface area (Å²) in [5.41, 5.74) is 1.46. The van der Waals surface area contributed by atoms with Gasteiger partial charge in [-0.2, -0.15) is 0 Å². The summed E-state index contributed by atoms with van der Waals surface area (Å²) in [6.45, 7) is 3.38. The molecule has 30 heavy (non-hydrogen) atoms. The van der Waals surface area contributed by atoms with Crippen LogP contribution >= 0.6 is 0 Å². The number of hydrogen-bond donors (Lipinski definition) is 1. The van der Waals surface area contributed by atoms with E-state index in [9.17, 15) is 24.5 Å². The average Bonchev–Trinajstić information content (AvgIpc) is 2.72. The number of ether oxygens (including phenoxy) is 1. The number of anilines is 1. The zero-order valence-corrected chi connectivity index (χ0v) is 16.7. The van der Waals surface area contributed by atoms with Crippen LogP contribution in [0.3, 0.4) is 0 Å².